The van der Waals surface area contributed by atoms with Crippen LogP contribution in [0.4, 0.5) is 4.39 Å². The molecule has 1 aliphatic rings. The van der Waals surface area contributed by atoms with Gasteiger partial charge in [0, 0.05) is 15.9 Å². The van der Waals surface area contributed by atoms with Crippen molar-refractivity contribution in [1.29, 1.82) is 0 Å². The predicted octanol–water partition coefficient (Wildman–Crippen LogP) is 4.38. The summed E-state index contributed by atoms with van der Waals surface area (Å²) in [5.41, 5.74) is 1.92. The minimum absolute atomic E-state index is 0.167. The molecule has 1 saturated carbocycles. The van der Waals surface area contributed by atoms with Gasteiger partial charge in [0.1, 0.15) is 11.5 Å². The molecule has 3 aromatic rings. The maximum Gasteiger partial charge on any atom is 0.268 e. The zero-order chi connectivity index (χ0) is 16.0. The molecule has 1 aliphatic carbocycles. The number of rotatable bonds is 3. The van der Waals surface area contributed by atoms with Crippen LogP contribution < -0.4 is 5.32 Å². The molecule has 2 N–H and O–H groups in total. The molecule has 0 unspecified atom stereocenters. The number of H-pyrrole nitrogens is 1. The van der Waals surface area contributed by atoms with Gasteiger partial charge >= 0.3 is 0 Å². The van der Waals surface area contributed by atoms with Crippen LogP contribution in [0.3, 0.4) is 0 Å². The molecular formula is C18H14ClFN2O. The van der Waals surface area contributed by atoms with Gasteiger partial charge in [-0.2, -0.15) is 0 Å². The Labute approximate surface area is 137 Å². The van der Waals surface area contributed by atoms with Crippen molar-refractivity contribution in [3.8, 4) is 0 Å². The van der Waals surface area contributed by atoms with Gasteiger partial charge in [0.25, 0.3) is 5.91 Å². The smallest absolute Gasteiger partial charge is 0.268 e. The van der Waals surface area contributed by atoms with Gasteiger partial charge < -0.3 is 10.3 Å². The summed E-state index contributed by atoms with van der Waals surface area (Å²) >= 11 is 5.97. The minimum Gasteiger partial charge on any atom is -0.351 e. The Kier molecular flexibility index (Phi) is 3.16. The fourth-order valence-corrected chi connectivity index (χ4v) is 3.07. The highest BCUT2D eigenvalue weighted by molar-refractivity contribution is 6.31. The maximum absolute atomic E-state index is 13.1. The van der Waals surface area contributed by atoms with E-state index in [9.17, 15) is 9.18 Å². The third kappa shape index (κ3) is 2.59. The first kappa shape index (κ1) is 14.3. The summed E-state index contributed by atoms with van der Waals surface area (Å²) in [6.45, 7) is 0. The second-order valence-electron chi connectivity index (χ2n) is 5.96. The molecule has 1 heterocycles. The van der Waals surface area contributed by atoms with Crippen LogP contribution in [-0.2, 0) is 5.54 Å². The van der Waals surface area contributed by atoms with Crippen molar-refractivity contribution in [2.75, 3.05) is 0 Å². The van der Waals surface area contributed by atoms with E-state index in [0.29, 0.717) is 10.7 Å². The Morgan fingerprint density at radius 2 is 1.87 bits per heavy atom. The van der Waals surface area contributed by atoms with Crippen molar-refractivity contribution in [2.24, 2.45) is 0 Å². The standard InChI is InChI=1S/C18H14ClFN2O/c19-13-3-6-15-11(9-13)10-16(21-15)17(23)22-18(7-8-18)12-1-4-14(20)5-2-12/h1-6,9-10,21H,7-8H2,(H,22,23). The highest BCUT2D eigenvalue weighted by Gasteiger charge is 2.45. The molecule has 3 nitrogen and oxygen atoms in total. The number of fused-ring (bicyclic) bond motifs is 1. The topological polar surface area (TPSA) is 44.9 Å². The van der Waals surface area contributed by atoms with E-state index in [1.165, 1.54) is 12.1 Å². The van der Waals surface area contributed by atoms with Crippen molar-refractivity contribution >= 4 is 28.4 Å². The first-order valence-corrected chi connectivity index (χ1v) is 7.80. The summed E-state index contributed by atoms with van der Waals surface area (Å²) in [7, 11) is 0. The monoisotopic (exact) mass is 328 g/mol. The number of carbonyl (C=O) groups is 1. The van der Waals surface area contributed by atoms with Crippen molar-refractivity contribution in [3.63, 3.8) is 0 Å². The molecule has 0 spiro atoms. The number of nitrogens with one attached hydrogen (secondary N) is 2. The summed E-state index contributed by atoms with van der Waals surface area (Å²) in [5, 5.41) is 4.60. The summed E-state index contributed by atoms with van der Waals surface area (Å²) in [5.74, 6) is -0.442. The van der Waals surface area contributed by atoms with Gasteiger partial charge in [0.2, 0.25) is 0 Å². The highest BCUT2D eigenvalue weighted by Crippen LogP contribution is 2.45. The molecular weight excluding hydrogens is 315 g/mol. The van der Waals surface area contributed by atoms with Crippen LogP contribution in [0.25, 0.3) is 10.9 Å². The molecule has 1 fully saturated rings. The number of hydrogen-bond acceptors (Lipinski definition) is 1. The Hall–Kier alpha value is -2.33. The van der Waals surface area contributed by atoms with E-state index >= 15 is 0 Å². The summed E-state index contributed by atoms with van der Waals surface area (Å²) < 4.78 is 13.1. The lowest BCUT2D eigenvalue weighted by atomic mass is 10.0. The van der Waals surface area contributed by atoms with Crippen LogP contribution in [0.1, 0.15) is 28.9 Å². The van der Waals surface area contributed by atoms with Crippen LogP contribution in [0.15, 0.2) is 48.5 Å². The van der Waals surface area contributed by atoms with E-state index in [0.717, 1.165) is 29.3 Å². The largest absolute Gasteiger partial charge is 0.351 e. The minimum atomic E-state index is -0.375. The molecule has 2 aromatic carbocycles. The van der Waals surface area contributed by atoms with E-state index in [2.05, 4.69) is 10.3 Å². The highest BCUT2D eigenvalue weighted by atomic mass is 35.5. The number of aromatic amines is 1. The molecule has 0 aliphatic heterocycles. The molecule has 0 atom stereocenters. The molecule has 0 radical (unpaired) electrons. The van der Waals surface area contributed by atoms with Crippen molar-refractivity contribution in [1.82, 2.24) is 10.3 Å². The van der Waals surface area contributed by atoms with Gasteiger partial charge in [-0.15, -0.1) is 0 Å². The van der Waals surface area contributed by atoms with Crippen molar-refractivity contribution in [3.05, 3.63) is 70.6 Å². The van der Waals surface area contributed by atoms with Crippen molar-refractivity contribution in [2.45, 2.75) is 18.4 Å². The Bertz CT molecular complexity index is 897. The average Bonchev–Trinajstić information content (AvgIpc) is 3.18. The van der Waals surface area contributed by atoms with Gasteiger partial charge in [-0.05, 0) is 54.8 Å². The summed E-state index contributed by atoms with van der Waals surface area (Å²) in [4.78, 5) is 15.6. The molecule has 116 valence electrons. The fourth-order valence-electron chi connectivity index (χ4n) is 2.89. The van der Waals surface area contributed by atoms with E-state index in [4.69, 9.17) is 11.6 Å². The quantitative estimate of drug-likeness (QED) is 0.736. The van der Waals surface area contributed by atoms with Crippen LogP contribution in [-0.4, -0.2) is 10.9 Å². The third-order valence-corrected chi connectivity index (χ3v) is 4.56. The van der Waals surface area contributed by atoms with Crippen LogP contribution in [0.5, 0.6) is 0 Å². The summed E-state index contributed by atoms with van der Waals surface area (Å²) in [6.07, 6.45) is 1.72. The molecule has 1 aromatic heterocycles. The van der Waals surface area contributed by atoms with Crippen LogP contribution in [0, 0.1) is 5.82 Å². The van der Waals surface area contributed by atoms with E-state index in [1.54, 1.807) is 24.3 Å². The van der Waals surface area contributed by atoms with Crippen LogP contribution >= 0.6 is 11.6 Å². The van der Waals surface area contributed by atoms with E-state index < -0.39 is 0 Å². The third-order valence-electron chi connectivity index (χ3n) is 4.33. The lowest BCUT2D eigenvalue weighted by Crippen LogP contribution is -2.35. The summed E-state index contributed by atoms with van der Waals surface area (Å²) in [6, 6.07) is 13.5. The Morgan fingerprint density at radius 1 is 1.13 bits per heavy atom. The zero-order valence-electron chi connectivity index (χ0n) is 12.2. The number of halogens is 2. The van der Waals surface area contributed by atoms with E-state index in [1.807, 2.05) is 12.1 Å². The first-order chi connectivity index (χ1) is 11.1. The van der Waals surface area contributed by atoms with Gasteiger partial charge in [-0.1, -0.05) is 23.7 Å². The fraction of sp³-hybridized carbons (Fsp3) is 0.167. The normalized spacial score (nSPS) is 15.6. The zero-order valence-corrected chi connectivity index (χ0v) is 13.0. The van der Waals surface area contributed by atoms with Gasteiger partial charge in [-0.3, -0.25) is 4.79 Å². The molecule has 0 bridgehead atoms. The van der Waals surface area contributed by atoms with Gasteiger partial charge in [-0.25, -0.2) is 4.39 Å². The number of amides is 1. The molecule has 1 amide bonds. The predicted molar refractivity (Wildman–Crippen MR) is 88.1 cm³/mol. The number of carbonyl (C=O) groups excluding carboxylic acids is 1. The van der Waals surface area contributed by atoms with Gasteiger partial charge in [0.05, 0.1) is 5.54 Å². The second-order valence-corrected chi connectivity index (χ2v) is 6.39. The maximum atomic E-state index is 13.1. The van der Waals surface area contributed by atoms with Crippen LogP contribution in [0.2, 0.25) is 5.02 Å². The average molecular weight is 329 g/mol. The number of aromatic nitrogens is 1. The lowest BCUT2D eigenvalue weighted by molar-refractivity contribution is 0.0926. The van der Waals surface area contributed by atoms with E-state index in [-0.39, 0.29) is 17.3 Å². The molecule has 5 heteroatoms. The Morgan fingerprint density at radius 3 is 2.57 bits per heavy atom. The number of hydrogen-bond donors (Lipinski definition) is 2. The molecule has 0 saturated heterocycles. The lowest BCUT2D eigenvalue weighted by Gasteiger charge is -2.17. The number of benzene rings is 2. The second kappa shape index (κ2) is 5.10. The van der Waals surface area contributed by atoms with Gasteiger partial charge in [0.15, 0.2) is 0 Å². The molecule has 4 rings (SSSR count). The first-order valence-electron chi connectivity index (χ1n) is 7.43. The molecule has 23 heavy (non-hydrogen) atoms. The SMILES string of the molecule is O=C(NC1(c2ccc(F)cc2)CC1)c1cc2cc(Cl)ccc2[nH]1. The Balaban J connectivity index is 1.60. The van der Waals surface area contributed by atoms with Crippen molar-refractivity contribution < 1.29 is 9.18 Å².